The molecule has 2 heterocycles. The van der Waals surface area contributed by atoms with E-state index in [1.807, 2.05) is 19.9 Å². The maximum Gasteiger partial charge on any atom is 0.163 e. The Morgan fingerprint density at radius 2 is 2.17 bits per heavy atom. The molecule has 0 bridgehead atoms. The zero-order valence-electron chi connectivity index (χ0n) is 10.8. The molecule has 3 nitrogen and oxygen atoms in total. The lowest BCUT2D eigenvalue weighted by atomic mass is 10.1. The molecule has 0 unspecified atom stereocenters. The van der Waals surface area contributed by atoms with Crippen molar-refractivity contribution >= 4 is 23.2 Å². The molecular weight excluding hydrogens is 275 g/mol. The number of hydrogen-bond acceptors (Lipinski definition) is 3. The summed E-state index contributed by atoms with van der Waals surface area (Å²) in [5, 5.41) is 0.806. The molecule has 0 amide bonds. The number of allylic oxidation sites excluding steroid dienone is 2. The van der Waals surface area contributed by atoms with Gasteiger partial charge in [0.25, 0.3) is 0 Å². The average molecular weight is 295 g/mol. The second-order valence-electron chi connectivity index (χ2n) is 5.24. The molecule has 2 saturated heterocycles. The third kappa shape index (κ3) is 3.84. The predicted octanol–water partition coefficient (Wildman–Crippen LogP) is 3.44. The number of ether oxygens (including phenoxy) is 3. The number of rotatable bonds is 4. The minimum absolute atomic E-state index is 0.0683. The van der Waals surface area contributed by atoms with Gasteiger partial charge in [-0.3, -0.25) is 0 Å². The van der Waals surface area contributed by atoms with Crippen LogP contribution in [0.25, 0.3) is 0 Å². The fraction of sp³-hybridized carbons (Fsp3) is 0.846. The largest absolute Gasteiger partial charge is 0.370 e. The molecule has 0 spiro atoms. The van der Waals surface area contributed by atoms with Crippen molar-refractivity contribution in [3.05, 3.63) is 11.1 Å². The van der Waals surface area contributed by atoms with Crippen LogP contribution in [0.1, 0.15) is 33.1 Å². The standard InChI is InChI=1S/C13H20Cl2O3/c1-13(2)16-8-12-11(18-13)7-10(17-12)4-3-9(15)5-6-14/h5,10-12H,3-4,6-8H2,1-2H3/b9-5-/t10-,11-,12-/m0/s1. The molecule has 3 atom stereocenters. The van der Waals surface area contributed by atoms with E-state index < -0.39 is 5.79 Å². The van der Waals surface area contributed by atoms with Gasteiger partial charge >= 0.3 is 0 Å². The van der Waals surface area contributed by atoms with Crippen molar-refractivity contribution in [3.8, 4) is 0 Å². The smallest absolute Gasteiger partial charge is 0.163 e. The van der Waals surface area contributed by atoms with Gasteiger partial charge in [-0.25, -0.2) is 0 Å². The summed E-state index contributed by atoms with van der Waals surface area (Å²) in [7, 11) is 0. The lowest BCUT2D eigenvalue weighted by molar-refractivity contribution is -0.293. The molecule has 0 saturated carbocycles. The third-order valence-corrected chi connectivity index (χ3v) is 3.81. The zero-order chi connectivity index (χ0) is 13.2. The van der Waals surface area contributed by atoms with Crippen LogP contribution in [0.3, 0.4) is 0 Å². The quantitative estimate of drug-likeness (QED) is 0.744. The summed E-state index contributed by atoms with van der Waals surface area (Å²) in [6.45, 7) is 4.49. The SMILES string of the molecule is CC1(C)OC[C@@H]2O[C@@H](CC/C(Cl)=C/CCl)C[C@@H]2O1. The van der Waals surface area contributed by atoms with Gasteiger partial charge in [0.2, 0.25) is 0 Å². The summed E-state index contributed by atoms with van der Waals surface area (Å²) in [6.07, 6.45) is 4.88. The fourth-order valence-corrected chi connectivity index (χ4v) is 2.88. The molecule has 0 aromatic carbocycles. The summed E-state index contributed by atoms with van der Waals surface area (Å²) < 4.78 is 17.4. The maximum atomic E-state index is 6.02. The molecule has 2 rings (SSSR count). The molecule has 18 heavy (non-hydrogen) atoms. The number of fused-ring (bicyclic) bond motifs is 1. The molecule has 0 radical (unpaired) electrons. The summed E-state index contributed by atoms with van der Waals surface area (Å²) >= 11 is 11.6. The van der Waals surface area contributed by atoms with Crippen LogP contribution in [-0.2, 0) is 14.2 Å². The average Bonchev–Trinajstić information content (AvgIpc) is 2.67. The summed E-state index contributed by atoms with van der Waals surface area (Å²) in [5.74, 6) is -0.0314. The van der Waals surface area contributed by atoms with Gasteiger partial charge in [0.05, 0.1) is 18.8 Å². The molecule has 2 fully saturated rings. The molecule has 0 aromatic rings. The first-order chi connectivity index (χ1) is 8.50. The van der Waals surface area contributed by atoms with Gasteiger partial charge in [0, 0.05) is 17.3 Å². The highest BCUT2D eigenvalue weighted by molar-refractivity contribution is 6.30. The Balaban J connectivity index is 1.80. The van der Waals surface area contributed by atoms with E-state index in [1.165, 1.54) is 0 Å². The number of halogens is 2. The number of alkyl halides is 1. The van der Waals surface area contributed by atoms with Crippen molar-refractivity contribution in [1.29, 1.82) is 0 Å². The molecule has 2 aliphatic rings. The van der Waals surface area contributed by atoms with Crippen LogP contribution in [0.2, 0.25) is 0 Å². The van der Waals surface area contributed by atoms with Gasteiger partial charge in [0.1, 0.15) is 6.10 Å². The second kappa shape index (κ2) is 6.10. The van der Waals surface area contributed by atoms with Crippen LogP contribution in [0.4, 0.5) is 0 Å². The van der Waals surface area contributed by atoms with E-state index >= 15 is 0 Å². The predicted molar refractivity (Wildman–Crippen MR) is 72.1 cm³/mol. The first-order valence-electron chi connectivity index (χ1n) is 6.38. The topological polar surface area (TPSA) is 27.7 Å². The van der Waals surface area contributed by atoms with Crippen LogP contribution in [0.15, 0.2) is 11.1 Å². The maximum absolute atomic E-state index is 6.02. The van der Waals surface area contributed by atoms with E-state index in [-0.39, 0.29) is 18.3 Å². The van der Waals surface area contributed by atoms with E-state index in [4.69, 9.17) is 37.4 Å². The van der Waals surface area contributed by atoms with Crippen LogP contribution in [-0.4, -0.2) is 36.6 Å². The van der Waals surface area contributed by atoms with Crippen molar-refractivity contribution in [2.45, 2.75) is 57.2 Å². The van der Waals surface area contributed by atoms with Gasteiger partial charge in [-0.2, -0.15) is 0 Å². The van der Waals surface area contributed by atoms with Gasteiger partial charge in [0.15, 0.2) is 5.79 Å². The summed E-state index contributed by atoms with van der Waals surface area (Å²) in [5.41, 5.74) is 0. The lowest BCUT2D eigenvalue weighted by Gasteiger charge is -2.37. The normalized spacial score (nSPS) is 35.6. The highest BCUT2D eigenvalue weighted by atomic mass is 35.5. The molecule has 5 heteroatoms. The monoisotopic (exact) mass is 294 g/mol. The zero-order valence-corrected chi connectivity index (χ0v) is 12.3. The molecule has 0 N–H and O–H groups in total. The Hall–Kier alpha value is 0.200. The van der Waals surface area contributed by atoms with Crippen molar-refractivity contribution in [1.82, 2.24) is 0 Å². The Labute approximate surface area is 118 Å². The van der Waals surface area contributed by atoms with Crippen LogP contribution >= 0.6 is 23.2 Å². The van der Waals surface area contributed by atoms with Crippen LogP contribution in [0.5, 0.6) is 0 Å². The van der Waals surface area contributed by atoms with E-state index in [0.717, 1.165) is 24.3 Å². The molecule has 0 aromatic heterocycles. The van der Waals surface area contributed by atoms with Crippen LogP contribution < -0.4 is 0 Å². The van der Waals surface area contributed by atoms with Gasteiger partial charge in [-0.15, -0.1) is 11.6 Å². The fourth-order valence-electron chi connectivity index (χ4n) is 2.42. The first kappa shape index (κ1) is 14.6. The summed E-state index contributed by atoms with van der Waals surface area (Å²) in [4.78, 5) is 0. The van der Waals surface area contributed by atoms with Gasteiger partial charge in [-0.05, 0) is 26.7 Å². The number of hydrogen-bond donors (Lipinski definition) is 0. The van der Waals surface area contributed by atoms with E-state index in [9.17, 15) is 0 Å². The van der Waals surface area contributed by atoms with E-state index in [2.05, 4.69) is 0 Å². The van der Waals surface area contributed by atoms with Crippen molar-refractivity contribution in [3.63, 3.8) is 0 Å². The minimum atomic E-state index is -0.490. The van der Waals surface area contributed by atoms with Crippen molar-refractivity contribution in [2.24, 2.45) is 0 Å². The molecule has 2 aliphatic heterocycles. The van der Waals surface area contributed by atoms with Crippen LogP contribution in [0, 0.1) is 0 Å². The summed E-state index contributed by atoms with van der Waals surface area (Å²) in [6, 6.07) is 0. The second-order valence-corrected chi connectivity index (χ2v) is 6.04. The highest BCUT2D eigenvalue weighted by Crippen LogP contribution is 2.34. The Morgan fingerprint density at radius 1 is 1.39 bits per heavy atom. The minimum Gasteiger partial charge on any atom is -0.370 e. The Morgan fingerprint density at radius 3 is 2.89 bits per heavy atom. The van der Waals surface area contributed by atoms with Gasteiger partial charge < -0.3 is 14.2 Å². The van der Waals surface area contributed by atoms with E-state index in [0.29, 0.717) is 12.5 Å². The lowest BCUT2D eigenvalue weighted by Crippen LogP contribution is -2.46. The van der Waals surface area contributed by atoms with Crippen molar-refractivity contribution in [2.75, 3.05) is 12.5 Å². The molecular formula is C13H20Cl2O3. The Kier molecular flexibility index (Phi) is 4.95. The van der Waals surface area contributed by atoms with E-state index in [1.54, 1.807) is 0 Å². The molecule has 0 aliphatic carbocycles. The Bertz CT molecular complexity index is 317. The first-order valence-corrected chi connectivity index (χ1v) is 7.29. The highest BCUT2D eigenvalue weighted by Gasteiger charge is 2.43. The third-order valence-electron chi connectivity index (χ3n) is 3.31. The molecule has 104 valence electrons. The van der Waals surface area contributed by atoms with Gasteiger partial charge in [-0.1, -0.05) is 17.7 Å². The van der Waals surface area contributed by atoms with Crippen molar-refractivity contribution < 1.29 is 14.2 Å².